The van der Waals surface area contributed by atoms with E-state index >= 15 is 0 Å². The SMILES string of the molecule is Cc1cc(C)c2[nH]c(=O)c(C(C(=N)N(CCc3ccccc3)N=N)N3CCN(C(=O)c4ccco4)CC3)cc2c1. The van der Waals surface area contributed by atoms with Crippen molar-refractivity contribution >= 4 is 22.6 Å². The van der Waals surface area contributed by atoms with Crippen LogP contribution >= 0.6 is 0 Å². The van der Waals surface area contributed by atoms with Gasteiger partial charge in [0, 0.05) is 38.3 Å². The first-order chi connectivity index (χ1) is 19.4. The molecule has 1 unspecified atom stereocenters. The standard InChI is InChI=1S/C30H33N7O3/c1-20-17-21(2)26-23(18-20)19-24(29(38)33-26)27(28(31)37(34-32)11-10-22-7-4-3-5-8-22)35-12-14-36(15-13-35)30(39)25-9-6-16-40-25/h3-9,16-19,27,31-32H,10-15H2,1-2H3,(H,33,38). The first-order valence-electron chi connectivity index (χ1n) is 13.3. The molecule has 1 fully saturated rings. The van der Waals surface area contributed by atoms with Crippen molar-refractivity contribution in [3.63, 3.8) is 0 Å². The molecule has 1 atom stereocenters. The van der Waals surface area contributed by atoms with Gasteiger partial charge in [-0.3, -0.25) is 19.9 Å². The number of piperazine rings is 1. The topological polar surface area (TPSA) is 133 Å². The Morgan fingerprint density at radius 3 is 2.50 bits per heavy atom. The minimum Gasteiger partial charge on any atom is -0.459 e. The van der Waals surface area contributed by atoms with Crippen LogP contribution in [0.4, 0.5) is 0 Å². The van der Waals surface area contributed by atoms with Gasteiger partial charge in [0.05, 0.1) is 11.8 Å². The van der Waals surface area contributed by atoms with Crippen LogP contribution in [-0.4, -0.2) is 64.3 Å². The third-order valence-electron chi connectivity index (χ3n) is 7.43. The molecule has 3 heterocycles. The summed E-state index contributed by atoms with van der Waals surface area (Å²) < 4.78 is 5.29. The number of H-pyrrole nitrogens is 1. The lowest BCUT2D eigenvalue weighted by atomic mass is 9.99. The third kappa shape index (κ3) is 5.57. The first kappa shape index (κ1) is 27.0. The van der Waals surface area contributed by atoms with Gasteiger partial charge in [-0.1, -0.05) is 47.2 Å². The molecule has 2 aromatic heterocycles. The van der Waals surface area contributed by atoms with Crippen LogP contribution in [0.2, 0.25) is 0 Å². The van der Waals surface area contributed by atoms with Gasteiger partial charge in [0.15, 0.2) is 5.76 Å². The Balaban J connectivity index is 1.46. The number of hydrogen-bond donors (Lipinski definition) is 3. The Morgan fingerprint density at radius 1 is 1.07 bits per heavy atom. The minimum atomic E-state index is -0.750. The summed E-state index contributed by atoms with van der Waals surface area (Å²) in [7, 11) is 0. The molecule has 1 aliphatic rings. The first-order valence-corrected chi connectivity index (χ1v) is 13.3. The summed E-state index contributed by atoms with van der Waals surface area (Å²) in [6.45, 7) is 6.00. The molecule has 0 bridgehead atoms. The van der Waals surface area contributed by atoms with Crippen molar-refractivity contribution in [2.45, 2.75) is 26.3 Å². The van der Waals surface area contributed by atoms with E-state index in [4.69, 9.17) is 9.95 Å². The van der Waals surface area contributed by atoms with Crippen LogP contribution in [0.1, 0.15) is 38.9 Å². The van der Waals surface area contributed by atoms with Crippen LogP contribution in [0.5, 0.6) is 0 Å². The molecule has 40 heavy (non-hydrogen) atoms. The fraction of sp³-hybridized carbons (Fsp3) is 0.300. The molecule has 0 saturated carbocycles. The maximum absolute atomic E-state index is 13.5. The highest BCUT2D eigenvalue weighted by Gasteiger charge is 2.34. The van der Waals surface area contributed by atoms with Crippen molar-refractivity contribution in [2.75, 3.05) is 32.7 Å². The van der Waals surface area contributed by atoms with Crippen molar-refractivity contribution in [3.05, 3.63) is 105 Å². The average Bonchev–Trinajstić information content (AvgIpc) is 3.50. The van der Waals surface area contributed by atoms with Crippen LogP contribution in [-0.2, 0) is 6.42 Å². The van der Waals surface area contributed by atoms with Crippen LogP contribution in [0.3, 0.4) is 0 Å². The molecule has 0 radical (unpaired) electrons. The van der Waals surface area contributed by atoms with E-state index in [0.29, 0.717) is 44.7 Å². The largest absolute Gasteiger partial charge is 0.459 e. The van der Waals surface area contributed by atoms with Gasteiger partial charge in [-0.2, -0.15) is 5.53 Å². The monoisotopic (exact) mass is 539 g/mol. The number of rotatable bonds is 8. The Bertz CT molecular complexity index is 1570. The molecule has 1 amide bonds. The number of fused-ring (bicyclic) bond motifs is 1. The van der Waals surface area contributed by atoms with E-state index in [1.165, 1.54) is 11.3 Å². The van der Waals surface area contributed by atoms with Crippen LogP contribution < -0.4 is 5.56 Å². The molecule has 10 heteroatoms. The number of nitrogens with zero attached hydrogens (tertiary/aromatic N) is 4. The van der Waals surface area contributed by atoms with E-state index in [2.05, 4.69) is 10.2 Å². The van der Waals surface area contributed by atoms with E-state index in [1.54, 1.807) is 17.0 Å². The second-order valence-electron chi connectivity index (χ2n) is 10.2. The fourth-order valence-electron chi connectivity index (χ4n) is 5.41. The molecule has 5 rings (SSSR count). The number of furan rings is 1. The summed E-state index contributed by atoms with van der Waals surface area (Å²) in [4.78, 5) is 33.1. The van der Waals surface area contributed by atoms with Gasteiger partial charge in [0.25, 0.3) is 11.5 Å². The molecule has 1 saturated heterocycles. The zero-order chi connectivity index (χ0) is 28.2. The number of carbonyl (C=O) groups excluding carboxylic acids is 1. The van der Waals surface area contributed by atoms with Gasteiger partial charge >= 0.3 is 0 Å². The summed E-state index contributed by atoms with van der Waals surface area (Å²) >= 11 is 0. The van der Waals surface area contributed by atoms with Gasteiger partial charge in [-0.25, -0.2) is 5.01 Å². The Morgan fingerprint density at radius 2 is 1.82 bits per heavy atom. The lowest BCUT2D eigenvalue weighted by Gasteiger charge is -2.40. The molecular formula is C30H33N7O3. The summed E-state index contributed by atoms with van der Waals surface area (Å²) in [5.74, 6) is 0.150. The predicted octanol–water partition coefficient (Wildman–Crippen LogP) is 4.70. The lowest BCUT2D eigenvalue weighted by Crippen LogP contribution is -2.53. The quantitative estimate of drug-likeness (QED) is 0.129. The van der Waals surface area contributed by atoms with Crippen molar-refractivity contribution < 1.29 is 9.21 Å². The molecule has 0 aliphatic carbocycles. The van der Waals surface area contributed by atoms with Crippen molar-refractivity contribution in [1.82, 2.24) is 19.8 Å². The molecule has 4 aromatic rings. The molecule has 3 N–H and O–H groups in total. The molecule has 206 valence electrons. The molecule has 10 nitrogen and oxygen atoms in total. The molecule has 2 aromatic carbocycles. The number of benzene rings is 2. The maximum atomic E-state index is 13.5. The van der Waals surface area contributed by atoms with Crippen molar-refractivity contribution in [2.24, 2.45) is 5.22 Å². The van der Waals surface area contributed by atoms with Crippen molar-refractivity contribution in [1.29, 1.82) is 10.9 Å². The summed E-state index contributed by atoms with van der Waals surface area (Å²) in [5.41, 5.74) is 11.9. The summed E-state index contributed by atoms with van der Waals surface area (Å²) in [6.07, 6.45) is 2.07. The summed E-state index contributed by atoms with van der Waals surface area (Å²) in [5, 5.41) is 15.1. The smallest absolute Gasteiger partial charge is 0.289 e. The minimum absolute atomic E-state index is 0.0472. The van der Waals surface area contributed by atoms with E-state index in [-0.39, 0.29) is 23.1 Å². The highest BCUT2D eigenvalue weighted by molar-refractivity contribution is 5.91. The molecule has 1 aliphatic heterocycles. The second-order valence-corrected chi connectivity index (χ2v) is 10.2. The number of carbonyl (C=O) groups is 1. The third-order valence-corrected chi connectivity index (χ3v) is 7.43. The number of amidine groups is 1. The van der Waals surface area contributed by atoms with E-state index in [0.717, 1.165) is 27.6 Å². The number of pyridine rings is 1. The highest BCUT2D eigenvalue weighted by atomic mass is 16.3. The number of aryl methyl sites for hydroxylation is 2. The van der Waals surface area contributed by atoms with E-state index < -0.39 is 6.04 Å². The highest BCUT2D eigenvalue weighted by Crippen LogP contribution is 2.27. The second kappa shape index (κ2) is 11.7. The lowest BCUT2D eigenvalue weighted by molar-refractivity contribution is 0.0574. The maximum Gasteiger partial charge on any atom is 0.289 e. The average molecular weight is 540 g/mol. The number of hydrogen-bond acceptors (Lipinski definition) is 7. The van der Waals surface area contributed by atoms with Gasteiger partial charge in [0.2, 0.25) is 0 Å². The zero-order valence-electron chi connectivity index (χ0n) is 22.7. The fourth-order valence-corrected chi connectivity index (χ4v) is 5.41. The van der Waals surface area contributed by atoms with Crippen LogP contribution in [0.15, 0.2) is 81.4 Å². The Hall–Kier alpha value is -4.57. The number of nitrogens with one attached hydrogen (secondary N) is 3. The van der Waals surface area contributed by atoms with Crippen LogP contribution in [0.25, 0.3) is 10.9 Å². The van der Waals surface area contributed by atoms with E-state index in [9.17, 15) is 15.0 Å². The van der Waals surface area contributed by atoms with Gasteiger partial charge < -0.3 is 14.3 Å². The van der Waals surface area contributed by atoms with Crippen molar-refractivity contribution in [3.8, 4) is 0 Å². The van der Waals surface area contributed by atoms with Gasteiger partial charge in [-0.15, -0.1) is 0 Å². The van der Waals surface area contributed by atoms with E-state index in [1.807, 2.05) is 67.3 Å². The number of aromatic amines is 1. The predicted molar refractivity (Wildman–Crippen MR) is 153 cm³/mol. The summed E-state index contributed by atoms with van der Waals surface area (Å²) in [6, 6.07) is 18.3. The Kier molecular flexibility index (Phi) is 7.88. The normalized spacial score (nSPS) is 14.7. The molecular weight excluding hydrogens is 506 g/mol. The van der Waals surface area contributed by atoms with Gasteiger partial charge in [-0.05, 0) is 61.0 Å². The number of amides is 1. The van der Waals surface area contributed by atoms with Crippen LogP contribution in [0, 0.1) is 24.8 Å². The zero-order valence-corrected chi connectivity index (χ0v) is 22.7. The van der Waals surface area contributed by atoms with Gasteiger partial charge in [0.1, 0.15) is 11.9 Å². The Labute approximate surface area is 232 Å². The number of aromatic nitrogens is 1. The molecule has 0 spiro atoms.